The second kappa shape index (κ2) is 6.15. The number of aromatic nitrogens is 3. The molecule has 98 valence electrons. The molecule has 0 aliphatic carbocycles. The van der Waals surface area contributed by atoms with Crippen molar-refractivity contribution < 1.29 is 4.42 Å². The Kier molecular flexibility index (Phi) is 4.54. The number of alkyl halides is 1. The van der Waals surface area contributed by atoms with Crippen LogP contribution in [0.25, 0.3) is 0 Å². The standard InChI is InChI=1S/C11H15ClN4OS/c1-3-8-6-13-10(18-8)7(2)14-11-16-15-9(17-11)4-5-12/h6-7H,3-5H2,1-2H3,(H,14,16). The van der Waals surface area contributed by atoms with Crippen LogP contribution in [-0.2, 0) is 12.8 Å². The highest BCUT2D eigenvalue weighted by Gasteiger charge is 2.13. The topological polar surface area (TPSA) is 63.8 Å². The van der Waals surface area contributed by atoms with Crippen molar-refractivity contribution in [1.82, 2.24) is 15.2 Å². The Balaban J connectivity index is 1.99. The number of nitrogens with zero attached hydrogens (tertiary/aromatic N) is 3. The quantitative estimate of drug-likeness (QED) is 0.827. The summed E-state index contributed by atoms with van der Waals surface area (Å²) in [5, 5.41) is 12.0. The maximum Gasteiger partial charge on any atom is 0.316 e. The molecule has 0 fully saturated rings. The Morgan fingerprint density at radius 1 is 1.50 bits per heavy atom. The third-order valence-electron chi connectivity index (χ3n) is 2.41. The molecule has 0 aromatic carbocycles. The summed E-state index contributed by atoms with van der Waals surface area (Å²) in [6, 6.07) is 0.468. The third kappa shape index (κ3) is 3.20. The molecule has 0 bridgehead atoms. The van der Waals surface area contributed by atoms with E-state index in [1.54, 1.807) is 11.3 Å². The molecule has 0 amide bonds. The molecule has 0 aliphatic heterocycles. The van der Waals surface area contributed by atoms with Gasteiger partial charge in [-0.2, -0.15) is 0 Å². The highest BCUT2D eigenvalue weighted by atomic mass is 35.5. The molecule has 0 saturated heterocycles. The Morgan fingerprint density at radius 3 is 3.00 bits per heavy atom. The van der Waals surface area contributed by atoms with Crippen LogP contribution < -0.4 is 5.32 Å². The number of anilines is 1. The van der Waals surface area contributed by atoms with Gasteiger partial charge in [0, 0.05) is 23.4 Å². The second-order valence-electron chi connectivity index (χ2n) is 3.82. The summed E-state index contributed by atoms with van der Waals surface area (Å²) in [7, 11) is 0. The van der Waals surface area contributed by atoms with Gasteiger partial charge in [-0.3, -0.25) is 0 Å². The maximum atomic E-state index is 5.61. The fourth-order valence-corrected chi connectivity index (χ4v) is 2.45. The van der Waals surface area contributed by atoms with Crippen molar-refractivity contribution in [3.8, 4) is 0 Å². The number of aryl methyl sites for hydroxylation is 2. The van der Waals surface area contributed by atoms with Gasteiger partial charge in [0.15, 0.2) is 0 Å². The zero-order valence-corrected chi connectivity index (χ0v) is 11.9. The number of nitrogens with one attached hydrogen (secondary N) is 1. The van der Waals surface area contributed by atoms with Crippen molar-refractivity contribution in [3.05, 3.63) is 22.0 Å². The van der Waals surface area contributed by atoms with E-state index in [2.05, 4.69) is 27.4 Å². The van der Waals surface area contributed by atoms with Gasteiger partial charge in [-0.15, -0.1) is 28.0 Å². The van der Waals surface area contributed by atoms with Crippen LogP contribution in [0.2, 0.25) is 0 Å². The molecular formula is C11H15ClN4OS. The van der Waals surface area contributed by atoms with Crippen molar-refractivity contribution in [2.75, 3.05) is 11.2 Å². The number of halogens is 1. The van der Waals surface area contributed by atoms with Crippen LogP contribution in [-0.4, -0.2) is 21.1 Å². The summed E-state index contributed by atoms with van der Waals surface area (Å²) < 4.78 is 5.41. The van der Waals surface area contributed by atoms with Gasteiger partial charge in [0.1, 0.15) is 5.01 Å². The molecule has 5 nitrogen and oxygen atoms in total. The minimum Gasteiger partial charge on any atom is -0.408 e. The summed E-state index contributed by atoms with van der Waals surface area (Å²) in [6.07, 6.45) is 3.50. The zero-order chi connectivity index (χ0) is 13.0. The van der Waals surface area contributed by atoms with E-state index < -0.39 is 0 Å². The minimum atomic E-state index is 0.0552. The van der Waals surface area contributed by atoms with Crippen molar-refractivity contribution in [1.29, 1.82) is 0 Å². The lowest BCUT2D eigenvalue weighted by atomic mass is 10.4. The van der Waals surface area contributed by atoms with Gasteiger partial charge in [-0.1, -0.05) is 12.0 Å². The molecule has 7 heteroatoms. The largest absolute Gasteiger partial charge is 0.408 e. The highest BCUT2D eigenvalue weighted by Crippen LogP contribution is 2.23. The number of thiazole rings is 1. The smallest absolute Gasteiger partial charge is 0.316 e. The summed E-state index contributed by atoms with van der Waals surface area (Å²) in [5.41, 5.74) is 0. The van der Waals surface area contributed by atoms with Crippen LogP contribution in [0.1, 0.15) is 35.7 Å². The normalized spacial score (nSPS) is 12.6. The van der Waals surface area contributed by atoms with Crippen LogP contribution in [0, 0.1) is 0 Å². The van der Waals surface area contributed by atoms with Gasteiger partial charge in [-0.25, -0.2) is 4.98 Å². The molecule has 0 radical (unpaired) electrons. The summed E-state index contributed by atoms with van der Waals surface area (Å²) >= 11 is 7.30. The second-order valence-corrected chi connectivity index (χ2v) is 5.35. The Bertz CT molecular complexity index is 499. The van der Waals surface area contributed by atoms with Crippen LogP contribution >= 0.6 is 22.9 Å². The lowest BCUT2D eigenvalue weighted by Crippen LogP contribution is -2.06. The average molecular weight is 287 g/mol. The predicted octanol–water partition coefficient (Wildman–Crippen LogP) is 3.04. The molecule has 2 rings (SSSR count). The minimum absolute atomic E-state index is 0.0552. The molecule has 18 heavy (non-hydrogen) atoms. The molecule has 1 N–H and O–H groups in total. The van der Waals surface area contributed by atoms with E-state index in [0.29, 0.717) is 24.2 Å². The molecule has 2 aromatic rings. The maximum absolute atomic E-state index is 5.61. The van der Waals surface area contributed by atoms with Crippen molar-refractivity contribution in [2.24, 2.45) is 0 Å². The van der Waals surface area contributed by atoms with Gasteiger partial charge in [-0.05, 0) is 13.3 Å². The van der Waals surface area contributed by atoms with E-state index in [1.165, 1.54) is 4.88 Å². The molecule has 0 saturated carbocycles. The molecule has 2 heterocycles. The van der Waals surface area contributed by atoms with Crippen LogP contribution in [0.15, 0.2) is 10.6 Å². The Morgan fingerprint density at radius 2 is 2.33 bits per heavy atom. The van der Waals surface area contributed by atoms with E-state index in [-0.39, 0.29) is 6.04 Å². The average Bonchev–Trinajstić information content (AvgIpc) is 2.98. The lowest BCUT2D eigenvalue weighted by Gasteiger charge is -2.07. The molecule has 0 spiro atoms. The predicted molar refractivity (Wildman–Crippen MR) is 72.3 cm³/mol. The van der Waals surface area contributed by atoms with Gasteiger partial charge < -0.3 is 9.73 Å². The first-order chi connectivity index (χ1) is 8.72. The van der Waals surface area contributed by atoms with Gasteiger partial charge in [0.25, 0.3) is 0 Å². The van der Waals surface area contributed by atoms with E-state index in [1.807, 2.05) is 13.1 Å². The van der Waals surface area contributed by atoms with E-state index in [4.69, 9.17) is 16.0 Å². The summed E-state index contributed by atoms with van der Waals surface area (Å²) in [5.74, 6) is 1.02. The molecule has 1 unspecified atom stereocenters. The van der Waals surface area contributed by atoms with Gasteiger partial charge in [0.05, 0.1) is 6.04 Å². The highest BCUT2D eigenvalue weighted by molar-refractivity contribution is 7.11. The molecular weight excluding hydrogens is 272 g/mol. The first-order valence-electron chi connectivity index (χ1n) is 5.82. The van der Waals surface area contributed by atoms with E-state index in [0.717, 1.165) is 11.4 Å². The van der Waals surface area contributed by atoms with Crippen molar-refractivity contribution in [2.45, 2.75) is 32.7 Å². The van der Waals surface area contributed by atoms with Gasteiger partial charge >= 0.3 is 6.01 Å². The van der Waals surface area contributed by atoms with Crippen LogP contribution in [0.5, 0.6) is 0 Å². The monoisotopic (exact) mass is 286 g/mol. The molecule has 2 aromatic heterocycles. The Hall–Kier alpha value is -1.14. The van der Waals surface area contributed by atoms with Crippen LogP contribution in [0.3, 0.4) is 0 Å². The van der Waals surface area contributed by atoms with Gasteiger partial charge in [0.2, 0.25) is 5.89 Å². The van der Waals surface area contributed by atoms with Crippen molar-refractivity contribution in [3.63, 3.8) is 0 Å². The number of hydrogen-bond donors (Lipinski definition) is 1. The summed E-state index contributed by atoms with van der Waals surface area (Å²) in [4.78, 5) is 5.64. The number of hydrogen-bond acceptors (Lipinski definition) is 6. The fraction of sp³-hybridized carbons (Fsp3) is 0.545. The van der Waals surface area contributed by atoms with E-state index >= 15 is 0 Å². The fourth-order valence-electron chi connectivity index (χ4n) is 1.43. The third-order valence-corrected chi connectivity index (χ3v) is 3.92. The zero-order valence-electron chi connectivity index (χ0n) is 10.3. The van der Waals surface area contributed by atoms with E-state index in [9.17, 15) is 0 Å². The first kappa shape index (κ1) is 13.3. The first-order valence-corrected chi connectivity index (χ1v) is 7.17. The number of rotatable bonds is 6. The SMILES string of the molecule is CCc1cnc(C(C)Nc2nnc(CCCl)o2)s1. The molecule has 1 atom stereocenters. The Labute approximate surface area is 115 Å². The summed E-state index contributed by atoms with van der Waals surface area (Å²) in [6.45, 7) is 4.13. The lowest BCUT2D eigenvalue weighted by molar-refractivity contribution is 0.508. The van der Waals surface area contributed by atoms with Crippen LogP contribution in [0.4, 0.5) is 6.01 Å². The molecule has 0 aliphatic rings. The van der Waals surface area contributed by atoms with Crippen molar-refractivity contribution >= 4 is 29.0 Å².